The van der Waals surface area contributed by atoms with E-state index in [2.05, 4.69) is 10.2 Å². The molecule has 0 bridgehead atoms. The van der Waals surface area contributed by atoms with Gasteiger partial charge in [0.15, 0.2) is 11.5 Å². The van der Waals surface area contributed by atoms with Crippen LogP contribution in [0.25, 0.3) is 0 Å². The van der Waals surface area contributed by atoms with Gasteiger partial charge in [-0.2, -0.15) is 0 Å². The zero-order valence-corrected chi connectivity index (χ0v) is 23.6. The molecule has 0 unspecified atom stereocenters. The smallest absolute Gasteiger partial charge is 0.322 e. The van der Waals surface area contributed by atoms with E-state index in [-0.39, 0.29) is 6.03 Å². The van der Waals surface area contributed by atoms with Crippen LogP contribution in [0.5, 0.6) is 23.0 Å². The lowest BCUT2D eigenvalue weighted by Crippen LogP contribution is -2.40. The summed E-state index contributed by atoms with van der Waals surface area (Å²) in [5, 5.41) is 3.02. The molecule has 9 nitrogen and oxygen atoms in total. The van der Waals surface area contributed by atoms with Crippen LogP contribution in [0, 0.1) is 0 Å². The Kier molecular flexibility index (Phi) is 10.9. The molecule has 3 aromatic carbocycles. The average molecular weight is 550 g/mol. The number of carbonyl (C=O) groups excluding carboxylic acids is 1. The van der Waals surface area contributed by atoms with Crippen LogP contribution in [0.4, 0.5) is 10.5 Å². The number of nitrogens with zero attached hydrogens (tertiary/aromatic N) is 2. The molecule has 1 aliphatic heterocycles. The second-order valence-electron chi connectivity index (χ2n) is 9.48. The van der Waals surface area contributed by atoms with Crippen molar-refractivity contribution in [3.05, 3.63) is 77.9 Å². The summed E-state index contributed by atoms with van der Waals surface area (Å²) in [5.41, 5.74) is 2.59. The molecule has 2 amide bonds. The Balaban J connectivity index is 1.46. The van der Waals surface area contributed by atoms with E-state index in [0.29, 0.717) is 48.4 Å². The lowest BCUT2D eigenvalue weighted by molar-refractivity contribution is 0.0365. The predicted octanol–water partition coefficient (Wildman–Crippen LogP) is 5.05. The summed E-state index contributed by atoms with van der Waals surface area (Å²) in [6.07, 6.45) is 0.836. The Morgan fingerprint density at radius 2 is 1.65 bits per heavy atom. The number of nitrogens with one attached hydrogen (secondary N) is 1. The van der Waals surface area contributed by atoms with E-state index in [1.807, 2.05) is 53.4 Å². The van der Waals surface area contributed by atoms with Crippen molar-refractivity contribution in [3.8, 4) is 23.0 Å². The van der Waals surface area contributed by atoms with Crippen LogP contribution in [0.15, 0.2) is 66.7 Å². The summed E-state index contributed by atoms with van der Waals surface area (Å²) in [5.74, 6) is 2.46. The highest BCUT2D eigenvalue weighted by atomic mass is 16.5. The van der Waals surface area contributed by atoms with Crippen LogP contribution in [0.3, 0.4) is 0 Å². The number of amides is 2. The van der Waals surface area contributed by atoms with Crippen molar-refractivity contribution >= 4 is 11.7 Å². The molecule has 0 aromatic heterocycles. The lowest BCUT2D eigenvalue weighted by Gasteiger charge is -2.28. The summed E-state index contributed by atoms with van der Waals surface area (Å²) < 4.78 is 27.9. The Labute approximate surface area is 236 Å². The van der Waals surface area contributed by atoms with E-state index in [9.17, 15) is 4.79 Å². The lowest BCUT2D eigenvalue weighted by atomic mass is 10.1. The number of methoxy groups -OCH3 is 3. The van der Waals surface area contributed by atoms with Crippen LogP contribution < -0.4 is 24.3 Å². The van der Waals surface area contributed by atoms with Crippen molar-refractivity contribution < 1.29 is 28.5 Å². The fraction of sp³-hybridized carbons (Fsp3) is 0.387. The first-order chi connectivity index (χ1) is 19.6. The van der Waals surface area contributed by atoms with Gasteiger partial charge in [0.05, 0.1) is 40.2 Å². The second kappa shape index (κ2) is 15.0. The Morgan fingerprint density at radius 3 is 2.38 bits per heavy atom. The molecule has 1 aliphatic rings. The fourth-order valence-electron chi connectivity index (χ4n) is 4.54. The highest BCUT2D eigenvalue weighted by molar-refractivity contribution is 5.91. The van der Waals surface area contributed by atoms with Crippen molar-refractivity contribution in [2.24, 2.45) is 0 Å². The van der Waals surface area contributed by atoms with E-state index < -0.39 is 0 Å². The van der Waals surface area contributed by atoms with E-state index in [0.717, 1.165) is 50.4 Å². The van der Waals surface area contributed by atoms with Crippen LogP contribution in [0.2, 0.25) is 0 Å². The minimum Gasteiger partial charge on any atom is -0.497 e. The summed E-state index contributed by atoms with van der Waals surface area (Å²) in [6.45, 7) is 5.65. The SMILES string of the molecule is COc1ccc(NC(=O)N(CCCN2CCOCC2)Cc2ccc(OCc3ccccc3)c(OC)c2)c(OC)c1. The van der Waals surface area contributed by atoms with Crippen molar-refractivity contribution in [2.75, 3.05) is 66.0 Å². The van der Waals surface area contributed by atoms with Gasteiger partial charge in [-0.25, -0.2) is 4.79 Å². The van der Waals surface area contributed by atoms with E-state index in [1.165, 1.54) is 0 Å². The third-order valence-electron chi connectivity index (χ3n) is 6.78. The first kappa shape index (κ1) is 29.0. The van der Waals surface area contributed by atoms with Gasteiger partial charge in [-0.05, 0) is 41.8 Å². The Morgan fingerprint density at radius 1 is 0.875 bits per heavy atom. The maximum Gasteiger partial charge on any atom is 0.322 e. The predicted molar refractivity (Wildman–Crippen MR) is 155 cm³/mol. The normalized spacial score (nSPS) is 13.4. The molecular weight excluding hydrogens is 510 g/mol. The Hall–Kier alpha value is -3.95. The number of morpholine rings is 1. The fourth-order valence-corrected chi connectivity index (χ4v) is 4.54. The van der Waals surface area contributed by atoms with Gasteiger partial charge in [-0.15, -0.1) is 0 Å². The second-order valence-corrected chi connectivity index (χ2v) is 9.48. The molecule has 3 aromatic rings. The molecule has 0 saturated carbocycles. The van der Waals surface area contributed by atoms with Gasteiger partial charge in [0.1, 0.15) is 18.1 Å². The topological polar surface area (TPSA) is 81.7 Å². The van der Waals surface area contributed by atoms with Crippen LogP contribution in [0.1, 0.15) is 17.5 Å². The molecule has 1 N–H and O–H groups in total. The minimum absolute atomic E-state index is 0.214. The molecule has 40 heavy (non-hydrogen) atoms. The van der Waals surface area contributed by atoms with Gasteiger partial charge in [-0.1, -0.05) is 36.4 Å². The molecule has 214 valence electrons. The third kappa shape index (κ3) is 8.27. The minimum atomic E-state index is -0.214. The highest BCUT2D eigenvalue weighted by Crippen LogP contribution is 2.31. The number of carbonyl (C=O) groups is 1. The van der Waals surface area contributed by atoms with Crippen molar-refractivity contribution in [1.29, 1.82) is 0 Å². The van der Waals surface area contributed by atoms with Crippen molar-refractivity contribution in [3.63, 3.8) is 0 Å². The van der Waals surface area contributed by atoms with E-state index in [4.69, 9.17) is 23.7 Å². The number of hydrogen-bond acceptors (Lipinski definition) is 7. The molecule has 0 radical (unpaired) electrons. The zero-order valence-electron chi connectivity index (χ0n) is 23.6. The summed E-state index contributed by atoms with van der Waals surface area (Å²) >= 11 is 0. The first-order valence-corrected chi connectivity index (χ1v) is 13.5. The monoisotopic (exact) mass is 549 g/mol. The Bertz CT molecular complexity index is 1220. The van der Waals surface area contributed by atoms with Crippen molar-refractivity contribution in [2.45, 2.75) is 19.6 Å². The van der Waals surface area contributed by atoms with Gasteiger partial charge in [0.25, 0.3) is 0 Å². The molecule has 9 heteroatoms. The van der Waals surface area contributed by atoms with Gasteiger partial charge >= 0.3 is 6.03 Å². The molecule has 0 atom stereocenters. The maximum absolute atomic E-state index is 13.5. The van der Waals surface area contributed by atoms with Gasteiger partial charge < -0.3 is 33.9 Å². The van der Waals surface area contributed by atoms with Gasteiger partial charge in [0, 0.05) is 38.8 Å². The zero-order chi connectivity index (χ0) is 28.2. The number of hydrogen-bond donors (Lipinski definition) is 1. The number of ether oxygens (including phenoxy) is 5. The maximum atomic E-state index is 13.5. The van der Waals surface area contributed by atoms with Crippen LogP contribution in [-0.4, -0.2) is 76.6 Å². The van der Waals surface area contributed by atoms with E-state index in [1.54, 1.807) is 39.5 Å². The molecule has 1 saturated heterocycles. The van der Waals surface area contributed by atoms with Gasteiger partial charge in [0.2, 0.25) is 0 Å². The largest absolute Gasteiger partial charge is 0.497 e. The number of rotatable bonds is 13. The van der Waals surface area contributed by atoms with Crippen LogP contribution in [-0.2, 0) is 17.9 Å². The van der Waals surface area contributed by atoms with E-state index >= 15 is 0 Å². The molecule has 1 heterocycles. The summed E-state index contributed by atoms with van der Waals surface area (Å²) in [4.78, 5) is 17.7. The number of benzene rings is 3. The quantitative estimate of drug-likeness (QED) is 0.320. The molecule has 0 spiro atoms. The molecule has 0 aliphatic carbocycles. The summed E-state index contributed by atoms with van der Waals surface area (Å²) in [7, 11) is 4.78. The van der Waals surface area contributed by atoms with Gasteiger partial charge in [-0.3, -0.25) is 4.90 Å². The molecule has 4 rings (SSSR count). The van der Waals surface area contributed by atoms with Crippen molar-refractivity contribution in [1.82, 2.24) is 9.80 Å². The number of anilines is 1. The highest BCUT2D eigenvalue weighted by Gasteiger charge is 2.19. The average Bonchev–Trinajstić information content (AvgIpc) is 3.01. The summed E-state index contributed by atoms with van der Waals surface area (Å²) in [6, 6.07) is 20.9. The molecule has 1 fully saturated rings. The standard InChI is InChI=1S/C31H39N3O6/c1-36-26-11-12-27(29(21-26)37-2)32-31(35)34(15-7-14-33-16-18-39-19-17-33)22-25-10-13-28(30(20-25)38-3)40-23-24-8-5-4-6-9-24/h4-6,8-13,20-21H,7,14-19,22-23H2,1-3H3,(H,32,35). The number of urea groups is 1. The third-order valence-corrected chi connectivity index (χ3v) is 6.78. The van der Waals surface area contributed by atoms with Crippen LogP contribution >= 0.6 is 0 Å². The molecular formula is C31H39N3O6. The first-order valence-electron chi connectivity index (χ1n) is 13.5.